The van der Waals surface area contributed by atoms with Crippen molar-refractivity contribution in [2.75, 3.05) is 0 Å². The van der Waals surface area contributed by atoms with Gasteiger partial charge in [0, 0.05) is 32.9 Å². The van der Waals surface area contributed by atoms with Gasteiger partial charge in [-0.25, -0.2) is 0 Å². The first-order valence-corrected chi connectivity index (χ1v) is 16.9. The topological polar surface area (TPSA) is 23.0 Å². The quantitative estimate of drug-likeness (QED) is 0.188. The van der Waals surface area contributed by atoms with E-state index in [1.165, 1.54) is 54.8 Å². The predicted octanol–water partition coefficient (Wildman–Crippen LogP) is 12.6. The Labute approximate surface area is 280 Å². The van der Waals surface area contributed by atoms with E-state index in [2.05, 4.69) is 167 Å². The molecule has 0 saturated carbocycles. The fourth-order valence-electron chi connectivity index (χ4n) is 8.85. The van der Waals surface area contributed by atoms with Gasteiger partial charge in [-0.1, -0.05) is 97.1 Å². The zero-order valence-corrected chi connectivity index (χ0v) is 26.3. The Morgan fingerprint density at radius 1 is 0.327 bits per heavy atom. The molecule has 11 aromatic rings. The van der Waals surface area contributed by atoms with Crippen molar-refractivity contribution in [1.82, 2.24) is 9.13 Å². The summed E-state index contributed by atoms with van der Waals surface area (Å²) >= 11 is 0. The van der Waals surface area contributed by atoms with Crippen molar-refractivity contribution in [1.29, 1.82) is 0 Å². The molecule has 226 valence electrons. The van der Waals surface area contributed by atoms with Crippen LogP contribution in [-0.2, 0) is 0 Å². The van der Waals surface area contributed by atoms with Crippen molar-refractivity contribution in [3.8, 4) is 33.6 Å². The molecule has 0 radical (unpaired) electrons. The van der Waals surface area contributed by atoms with Crippen molar-refractivity contribution < 1.29 is 4.42 Å². The third-order valence-corrected chi connectivity index (χ3v) is 10.8. The maximum Gasteiger partial charge on any atom is 0.145 e. The van der Waals surface area contributed by atoms with E-state index in [-0.39, 0.29) is 0 Å². The van der Waals surface area contributed by atoms with Gasteiger partial charge < -0.3 is 13.6 Å². The average Bonchev–Trinajstić information content (AvgIpc) is 3.89. The zero-order valence-electron chi connectivity index (χ0n) is 26.3. The summed E-state index contributed by atoms with van der Waals surface area (Å²) in [6.07, 6.45) is 0. The zero-order chi connectivity index (χ0) is 31.8. The molecular formula is C46H26N2O. The van der Waals surface area contributed by atoms with Gasteiger partial charge in [-0.3, -0.25) is 0 Å². The van der Waals surface area contributed by atoms with Crippen LogP contribution in [0.2, 0.25) is 0 Å². The van der Waals surface area contributed by atoms with E-state index in [1.807, 2.05) is 0 Å². The number of rotatable bonds is 2. The molecule has 3 nitrogen and oxygen atoms in total. The van der Waals surface area contributed by atoms with Crippen LogP contribution in [0.15, 0.2) is 162 Å². The highest BCUT2D eigenvalue weighted by Crippen LogP contribution is 2.49. The van der Waals surface area contributed by atoms with E-state index in [9.17, 15) is 0 Å². The van der Waals surface area contributed by atoms with Gasteiger partial charge in [-0.2, -0.15) is 0 Å². The first-order chi connectivity index (χ1) is 24.3. The van der Waals surface area contributed by atoms with Crippen LogP contribution in [-0.4, -0.2) is 9.13 Å². The minimum absolute atomic E-state index is 0.935. The minimum Gasteiger partial charge on any atom is -0.455 e. The lowest BCUT2D eigenvalue weighted by molar-refractivity contribution is 0.677. The van der Waals surface area contributed by atoms with E-state index >= 15 is 0 Å². The first-order valence-electron chi connectivity index (χ1n) is 16.9. The van der Waals surface area contributed by atoms with E-state index in [0.717, 1.165) is 55.1 Å². The lowest BCUT2D eigenvalue weighted by Crippen LogP contribution is -1.94. The first kappa shape index (κ1) is 25.5. The third-order valence-electron chi connectivity index (χ3n) is 10.8. The Morgan fingerprint density at radius 2 is 0.898 bits per heavy atom. The maximum atomic E-state index is 7.12. The number of hydrogen-bond donors (Lipinski definition) is 0. The molecule has 0 spiro atoms. The summed E-state index contributed by atoms with van der Waals surface area (Å²) in [6, 6.07) is 57.3. The molecule has 12 rings (SSSR count). The van der Waals surface area contributed by atoms with E-state index < -0.39 is 0 Å². The van der Waals surface area contributed by atoms with Crippen LogP contribution in [0, 0.1) is 0 Å². The molecule has 3 aromatic heterocycles. The molecule has 0 unspecified atom stereocenters. The van der Waals surface area contributed by atoms with Gasteiger partial charge >= 0.3 is 0 Å². The summed E-state index contributed by atoms with van der Waals surface area (Å²) < 4.78 is 11.9. The molecule has 0 aliphatic heterocycles. The van der Waals surface area contributed by atoms with E-state index in [1.54, 1.807) is 0 Å². The normalized spacial score (nSPS) is 12.5. The van der Waals surface area contributed by atoms with Gasteiger partial charge in [-0.05, 0) is 93.7 Å². The highest BCUT2D eigenvalue weighted by molar-refractivity contribution is 6.29. The molecule has 1 aliphatic rings. The number of aromatic nitrogens is 2. The second-order valence-corrected chi connectivity index (χ2v) is 13.3. The van der Waals surface area contributed by atoms with E-state index in [4.69, 9.17) is 4.42 Å². The summed E-state index contributed by atoms with van der Waals surface area (Å²) in [6.45, 7) is 0. The molecule has 8 aromatic carbocycles. The molecule has 0 atom stereocenters. The van der Waals surface area contributed by atoms with Gasteiger partial charge in [-0.15, -0.1) is 0 Å². The van der Waals surface area contributed by atoms with Crippen LogP contribution in [0.1, 0.15) is 0 Å². The van der Waals surface area contributed by atoms with E-state index in [0.29, 0.717) is 0 Å². The Morgan fingerprint density at radius 3 is 1.55 bits per heavy atom. The number of nitrogens with zero attached hydrogens (tertiary/aromatic N) is 2. The summed E-state index contributed by atoms with van der Waals surface area (Å²) in [5.74, 6) is 0. The molecule has 0 saturated heterocycles. The van der Waals surface area contributed by atoms with Gasteiger partial charge in [0.2, 0.25) is 0 Å². The summed E-state index contributed by atoms with van der Waals surface area (Å²) in [4.78, 5) is 0. The number of benzene rings is 8. The van der Waals surface area contributed by atoms with Gasteiger partial charge in [0.15, 0.2) is 0 Å². The van der Waals surface area contributed by atoms with Gasteiger partial charge in [0.1, 0.15) is 11.2 Å². The SMILES string of the molecule is c1ccc(-n2c3ccccc3c3c4oc5c(ccc6c5c5ccccc5n6-c5ccc6c(c5)-c5cccc7cccc-6c57)c4ccc32)cc1. The number of hydrogen-bond acceptors (Lipinski definition) is 1. The van der Waals surface area contributed by atoms with Crippen molar-refractivity contribution in [3.05, 3.63) is 158 Å². The van der Waals surface area contributed by atoms with Crippen LogP contribution >= 0.6 is 0 Å². The number of fused-ring (bicyclic) bond motifs is 14. The Kier molecular flexibility index (Phi) is 4.72. The summed E-state index contributed by atoms with van der Waals surface area (Å²) in [5.41, 5.74) is 14.0. The lowest BCUT2D eigenvalue weighted by atomic mass is 10.0. The molecule has 0 amide bonds. The highest BCUT2D eigenvalue weighted by Gasteiger charge is 2.25. The predicted molar refractivity (Wildman–Crippen MR) is 204 cm³/mol. The molecule has 0 N–H and O–H groups in total. The fourth-order valence-corrected chi connectivity index (χ4v) is 8.85. The maximum absolute atomic E-state index is 7.12. The third kappa shape index (κ3) is 3.17. The van der Waals surface area contributed by atoms with Crippen LogP contribution in [0.5, 0.6) is 0 Å². The van der Waals surface area contributed by atoms with Gasteiger partial charge in [0.05, 0.1) is 32.8 Å². The molecular weight excluding hydrogens is 597 g/mol. The lowest BCUT2D eigenvalue weighted by Gasteiger charge is -2.11. The number of para-hydroxylation sites is 3. The monoisotopic (exact) mass is 622 g/mol. The second-order valence-electron chi connectivity index (χ2n) is 13.3. The minimum atomic E-state index is 0.935. The van der Waals surface area contributed by atoms with Crippen LogP contribution in [0.3, 0.4) is 0 Å². The standard InChI is InChI=1S/C46H26N2O/c1-2-12-28(13-3-1)47-38-18-6-4-14-35(38)43-40(47)24-22-33-34-23-25-41-44(46(34)49-45(33)43)36-15-5-7-19-39(36)48(41)29-20-21-30-31-16-8-10-27-11-9-17-32(42(27)31)37(30)26-29/h1-26H. The summed E-state index contributed by atoms with van der Waals surface area (Å²) in [5, 5.41) is 9.60. The Hall–Kier alpha value is -6.58. The largest absolute Gasteiger partial charge is 0.455 e. The number of furan rings is 1. The van der Waals surface area contributed by atoms with Crippen LogP contribution < -0.4 is 0 Å². The van der Waals surface area contributed by atoms with Crippen molar-refractivity contribution in [2.24, 2.45) is 0 Å². The molecule has 3 heterocycles. The molecule has 0 bridgehead atoms. The van der Waals surface area contributed by atoms with Crippen molar-refractivity contribution in [2.45, 2.75) is 0 Å². The highest BCUT2D eigenvalue weighted by atomic mass is 16.3. The molecule has 49 heavy (non-hydrogen) atoms. The molecule has 0 fully saturated rings. The van der Waals surface area contributed by atoms with Crippen molar-refractivity contribution in [3.63, 3.8) is 0 Å². The Balaban J connectivity index is 1.16. The fraction of sp³-hybridized carbons (Fsp3) is 0. The smallest absolute Gasteiger partial charge is 0.145 e. The average molecular weight is 623 g/mol. The molecule has 3 heteroatoms. The van der Waals surface area contributed by atoms with Crippen LogP contribution in [0.25, 0.3) is 110 Å². The Bertz CT molecular complexity index is 3200. The van der Waals surface area contributed by atoms with Crippen molar-refractivity contribution >= 4 is 76.3 Å². The van der Waals surface area contributed by atoms with Gasteiger partial charge in [0.25, 0.3) is 0 Å². The molecule has 1 aliphatic carbocycles. The second kappa shape index (κ2) is 9.06. The summed E-state index contributed by atoms with van der Waals surface area (Å²) in [7, 11) is 0. The van der Waals surface area contributed by atoms with Crippen LogP contribution in [0.4, 0.5) is 0 Å².